The van der Waals surface area contributed by atoms with Crippen molar-refractivity contribution >= 4 is 22.9 Å². The molecule has 2 aromatic carbocycles. The summed E-state index contributed by atoms with van der Waals surface area (Å²) in [7, 11) is 1.62. The molecule has 1 heterocycles. The van der Waals surface area contributed by atoms with Crippen LogP contribution >= 0.6 is 11.3 Å². The molecule has 0 atom stereocenters. The lowest BCUT2D eigenvalue weighted by Gasteiger charge is -2.04. The minimum Gasteiger partial charge on any atom is -0.508 e. The van der Waals surface area contributed by atoms with E-state index in [1.807, 2.05) is 29.6 Å². The second-order valence-corrected chi connectivity index (χ2v) is 6.01. The fourth-order valence-corrected chi connectivity index (χ4v) is 3.05. The normalized spacial score (nSPS) is 10.4. The number of thiazole rings is 1. The zero-order valence-corrected chi connectivity index (χ0v) is 13.8. The van der Waals surface area contributed by atoms with E-state index < -0.39 is 0 Å². The summed E-state index contributed by atoms with van der Waals surface area (Å²) in [6.07, 6.45) is 0.177. The van der Waals surface area contributed by atoms with Crippen LogP contribution in [0.2, 0.25) is 0 Å². The van der Waals surface area contributed by atoms with Crippen molar-refractivity contribution in [3.05, 3.63) is 59.6 Å². The number of benzene rings is 2. The fourth-order valence-electron chi connectivity index (χ4n) is 2.23. The average molecular weight is 340 g/mol. The van der Waals surface area contributed by atoms with Gasteiger partial charge in [0.15, 0.2) is 0 Å². The first-order valence-corrected chi connectivity index (χ1v) is 8.20. The van der Waals surface area contributed by atoms with Crippen LogP contribution in [0.3, 0.4) is 0 Å². The van der Waals surface area contributed by atoms with Crippen molar-refractivity contribution in [2.24, 2.45) is 0 Å². The van der Waals surface area contributed by atoms with Crippen LogP contribution in [0.5, 0.6) is 11.5 Å². The van der Waals surface area contributed by atoms with E-state index in [0.717, 1.165) is 16.3 Å². The van der Waals surface area contributed by atoms with E-state index in [9.17, 15) is 9.90 Å². The van der Waals surface area contributed by atoms with E-state index >= 15 is 0 Å². The highest BCUT2D eigenvalue weighted by Crippen LogP contribution is 2.27. The van der Waals surface area contributed by atoms with E-state index in [4.69, 9.17) is 4.74 Å². The number of anilines is 1. The number of nitrogens with one attached hydrogen (secondary N) is 1. The predicted molar refractivity (Wildman–Crippen MR) is 94.5 cm³/mol. The third kappa shape index (κ3) is 3.91. The Morgan fingerprint density at radius 1 is 1.25 bits per heavy atom. The van der Waals surface area contributed by atoms with Gasteiger partial charge in [-0.25, -0.2) is 4.98 Å². The standard InChI is InChI=1S/C18H16N2O3S/c1-23-16-7-2-4-12(8-16)18-20-14(11-24-18)10-17(22)19-13-5-3-6-15(21)9-13/h2-9,11,21H,10H2,1H3,(H,19,22). The summed E-state index contributed by atoms with van der Waals surface area (Å²) in [6, 6.07) is 14.1. The Bertz CT molecular complexity index is 861. The average Bonchev–Trinajstić information content (AvgIpc) is 3.03. The molecule has 0 fully saturated rings. The van der Waals surface area contributed by atoms with Gasteiger partial charge >= 0.3 is 0 Å². The summed E-state index contributed by atoms with van der Waals surface area (Å²) in [5.74, 6) is 0.704. The lowest BCUT2D eigenvalue weighted by atomic mass is 10.2. The Morgan fingerprint density at radius 3 is 2.88 bits per heavy atom. The Balaban J connectivity index is 1.68. The van der Waals surface area contributed by atoms with Crippen molar-refractivity contribution in [3.8, 4) is 22.1 Å². The minimum atomic E-state index is -0.178. The van der Waals surface area contributed by atoms with E-state index in [0.29, 0.717) is 11.4 Å². The SMILES string of the molecule is COc1cccc(-c2nc(CC(=O)Nc3cccc(O)c3)cs2)c1. The number of hydrogen-bond donors (Lipinski definition) is 2. The van der Waals surface area contributed by atoms with Gasteiger partial charge in [-0.3, -0.25) is 4.79 Å². The van der Waals surface area contributed by atoms with Crippen molar-refractivity contribution in [2.75, 3.05) is 12.4 Å². The van der Waals surface area contributed by atoms with Crippen LogP contribution in [-0.4, -0.2) is 23.1 Å². The summed E-state index contributed by atoms with van der Waals surface area (Å²) in [5, 5.41) is 14.9. The lowest BCUT2D eigenvalue weighted by Crippen LogP contribution is -2.14. The first-order chi connectivity index (χ1) is 11.6. The molecule has 0 unspecified atom stereocenters. The Kier molecular flexibility index (Phi) is 4.77. The van der Waals surface area contributed by atoms with E-state index in [1.54, 1.807) is 25.3 Å². The van der Waals surface area contributed by atoms with Crippen LogP contribution in [-0.2, 0) is 11.2 Å². The zero-order chi connectivity index (χ0) is 16.9. The van der Waals surface area contributed by atoms with Crippen LogP contribution < -0.4 is 10.1 Å². The smallest absolute Gasteiger partial charge is 0.230 e. The molecule has 24 heavy (non-hydrogen) atoms. The third-order valence-corrected chi connectivity index (χ3v) is 4.28. The lowest BCUT2D eigenvalue weighted by molar-refractivity contribution is -0.115. The summed E-state index contributed by atoms with van der Waals surface area (Å²) >= 11 is 1.49. The summed E-state index contributed by atoms with van der Waals surface area (Å²) in [6.45, 7) is 0. The number of carbonyl (C=O) groups excluding carboxylic acids is 1. The number of phenols is 1. The monoisotopic (exact) mass is 340 g/mol. The van der Waals surface area contributed by atoms with E-state index in [-0.39, 0.29) is 18.1 Å². The fraction of sp³-hybridized carbons (Fsp3) is 0.111. The Hall–Kier alpha value is -2.86. The maximum atomic E-state index is 12.1. The number of ether oxygens (including phenoxy) is 1. The molecule has 0 aliphatic rings. The van der Waals surface area contributed by atoms with E-state index in [1.165, 1.54) is 17.4 Å². The number of nitrogens with zero attached hydrogens (tertiary/aromatic N) is 1. The molecule has 1 amide bonds. The number of carbonyl (C=O) groups is 1. The molecule has 0 spiro atoms. The number of hydrogen-bond acceptors (Lipinski definition) is 5. The quantitative estimate of drug-likeness (QED) is 0.743. The zero-order valence-electron chi connectivity index (χ0n) is 13.0. The molecule has 5 nitrogen and oxygen atoms in total. The van der Waals surface area contributed by atoms with Crippen LogP contribution in [0.15, 0.2) is 53.9 Å². The summed E-state index contributed by atoms with van der Waals surface area (Å²) in [5.41, 5.74) is 2.22. The van der Waals surface area contributed by atoms with Crippen LogP contribution in [0, 0.1) is 0 Å². The highest BCUT2D eigenvalue weighted by molar-refractivity contribution is 7.13. The Morgan fingerprint density at radius 2 is 2.08 bits per heavy atom. The molecule has 0 saturated carbocycles. The molecule has 0 saturated heterocycles. The van der Waals surface area contributed by atoms with Crippen molar-refractivity contribution < 1.29 is 14.6 Å². The van der Waals surface area contributed by atoms with Gasteiger partial charge in [0, 0.05) is 22.7 Å². The minimum absolute atomic E-state index is 0.113. The molecule has 0 aliphatic heterocycles. The molecule has 6 heteroatoms. The largest absolute Gasteiger partial charge is 0.508 e. The second kappa shape index (κ2) is 7.14. The van der Waals surface area contributed by atoms with Crippen LogP contribution in [0.4, 0.5) is 5.69 Å². The molecule has 0 radical (unpaired) electrons. The van der Waals surface area contributed by atoms with Crippen molar-refractivity contribution in [1.82, 2.24) is 4.98 Å². The number of rotatable bonds is 5. The van der Waals surface area contributed by atoms with Crippen molar-refractivity contribution in [3.63, 3.8) is 0 Å². The molecular formula is C18H16N2O3S. The predicted octanol–water partition coefficient (Wildman–Crippen LogP) is 3.71. The van der Waals surface area contributed by atoms with Gasteiger partial charge < -0.3 is 15.2 Å². The van der Waals surface area contributed by atoms with Crippen molar-refractivity contribution in [2.45, 2.75) is 6.42 Å². The van der Waals surface area contributed by atoms with Gasteiger partial charge in [-0.2, -0.15) is 0 Å². The maximum absolute atomic E-state index is 12.1. The number of phenolic OH excluding ortho intramolecular Hbond substituents is 1. The molecule has 3 aromatic rings. The molecule has 2 N–H and O–H groups in total. The highest BCUT2D eigenvalue weighted by Gasteiger charge is 2.10. The second-order valence-electron chi connectivity index (χ2n) is 5.15. The molecular weight excluding hydrogens is 324 g/mol. The molecule has 0 bridgehead atoms. The Labute approximate surface area is 143 Å². The van der Waals surface area contributed by atoms with Gasteiger partial charge in [-0.15, -0.1) is 11.3 Å². The molecule has 1 aromatic heterocycles. The van der Waals surface area contributed by atoms with Gasteiger partial charge in [0.2, 0.25) is 5.91 Å². The van der Waals surface area contributed by atoms with Gasteiger partial charge in [0.05, 0.1) is 19.2 Å². The van der Waals surface area contributed by atoms with Gasteiger partial charge in [0.1, 0.15) is 16.5 Å². The third-order valence-electron chi connectivity index (χ3n) is 3.34. The van der Waals surface area contributed by atoms with Gasteiger partial charge in [-0.1, -0.05) is 18.2 Å². The number of aromatic hydroxyl groups is 1. The van der Waals surface area contributed by atoms with E-state index in [2.05, 4.69) is 10.3 Å². The first-order valence-electron chi connectivity index (χ1n) is 7.32. The summed E-state index contributed by atoms with van der Waals surface area (Å²) < 4.78 is 5.22. The number of aromatic nitrogens is 1. The molecule has 122 valence electrons. The molecule has 3 rings (SSSR count). The van der Waals surface area contributed by atoms with Gasteiger partial charge in [-0.05, 0) is 24.3 Å². The maximum Gasteiger partial charge on any atom is 0.230 e. The summed E-state index contributed by atoms with van der Waals surface area (Å²) in [4.78, 5) is 16.6. The first kappa shape index (κ1) is 16.0. The number of amides is 1. The number of methoxy groups -OCH3 is 1. The van der Waals surface area contributed by atoms with Crippen molar-refractivity contribution in [1.29, 1.82) is 0 Å². The van der Waals surface area contributed by atoms with Crippen LogP contribution in [0.25, 0.3) is 10.6 Å². The molecule has 0 aliphatic carbocycles. The van der Waals surface area contributed by atoms with Gasteiger partial charge in [0.25, 0.3) is 0 Å². The van der Waals surface area contributed by atoms with Crippen LogP contribution in [0.1, 0.15) is 5.69 Å². The topological polar surface area (TPSA) is 71.5 Å². The highest BCUT2D eigenvalue weighted by atomic mass is 32.1.